The fraction of sp³-hybridized carbons (Fsp3) is 0.0513. The summed E-state index contributed by atoms with van der Waals surface area (Å²) in [5, 5.41) is 2.73. The van der Waals surface area contributed by atoms with Gasteiger partial charge < -0.3 is 4.74 Å². The molecule has 5 aromatic rings. The minimum Gasteiger partial charge on any atom is -0.465 e. The lowest BCUT2D eigenvalue weighted by atomic mass is 9.73. The fourth-order valence-electron chi connectivity index (χ4n) is 6.95. The number of fused-ring (bicyclic) bond motifs is 1. The summed E-state index contributed by atoms with van der Waals surface area (Å²) in [6.45, 7) is -3.31. The van der Waals surface area contributed by atoms with E-state index in [-0.39, 0.29) is 27.6 Å². The van der Waals surface area contributed by atoms with Crippen LogP contribution in [0.4, 0.5) is 0 Å². The van der Waals surface area contributed by atoms with Crippen molar-refractivity contribution < 1.29 is 23.9 Å². The van der Waals surface area contributed by atoms with Crippen LogP contribution in [-0.2, 0) is 14.3 Å². The monoisotopic (exact) mass is 640 g/mol. The molecule has 2 aliphatic carbocycles. The van der Waals surface area contributed by atoms with E-state index in [9.17, 15) is 14.4 Å². The Balaban J connectivity index is 1.80. The SMILES string of the molecule is COC(=O)C1=C(c2cccc(Cl)c2)C2(C(=O)C1=P(c1ccccc1)(c1ccccc1)c1ccccc1)C(=O)c1ccccc1C2=O. The second-order valence-corrected chi connectivity index (χ2v) is 14.8. The van der Waals surface area contributed by atoms with Crippen LogP contribution in [0.15, 0.2) is 145 Å². The van der Waals surface area contributed by atoms with Crippen LogP contribution in [0.1, 0.15) is 26.3 Å². The van der Waals surface area contributed by atoms with Crippen LogP contribution in [0, 0.1) is 5.41 Å². The summed E-state index contributed by atoms with van der Waals surface area (Å²) < 4.78 is 5.44. The van der Waals surface area contributed by atoms with Crippen LogP contribution in [0.5, 0.6) is 0 Å². The Kier molecular flexibility index (Phi) is 7.32. The smallest absolute Gasteiger partial charge is 0.339 e. The van der Waals surface area contributed by atoms with E-state index in [4.69, 9.17) is 16.3 Å². The molecule has 0 heterocycles. The highest BCUT2D eigenvalue weighted by atomic mass is 35.5. The third kappa shape index (κ3) is 4.02. The molecule has 0 aliphatic heterocycles. The molecule has 2 aliphatic rings. The largest absolute Gasteiger partial charge is 0.465 e. The lowest BCUT2D eigenvalue weighted by molar-refractivity contribution is -0.135. The Morgan fingerprint density at radius 3 is 1.50 bits per heavy atom. The summed E-state index contributed by atoms with van der Waals surface area (Å²) >= 11 is 6.50. The number of esters is 1. The van der Waals surface area contributed by atoms with Crippen molar-refractivity contribution in [3.63, 3.8) is 0 Å². The molecular weight excluding hydrogens is 615 g/mol. The van der Waals surface area contributed by atoms with Crippen LogP contribution in [0.25, 0.3) is 5.57 Å². The van der Waals surface area contributed by atoms with Crippen molar-refractivity contribution in [2.45, 2.75) is 0 Å². The van der Waals surface area contributed by atoms with Gasteiger partial charge in [0.1, 0.15) is 0 Å². The molecule has 7 heteroatoms. The Bertz CT molecular complexity index is 2030. The average molecular weight is 641 g/mol. The molecule has 5 aromatic carbocycles. The molecule has 0 saturated carbocycles. The van der Waals surface area contributed by atoms with Gasteiger partial charge in [-0.1, -0.05) is 139 Å². The number of ether oxygens (including phenoxy) is 1. The summed E-state index contributed by atoms with van der Waals surface area (Å²) in [5.41, 5.74) is -1.85. The topological polar surface area (TPSA) is 77.5 Å². The highest BCUT2D eigenvalue weighted by Gasteiger charge is 2.67. The molecule has 0 fully saturated rings. The molecule has 0 bridgehead atoms. The summed E-state index contributed by atoms with van der Waals surface area (Å²) in [6.07, 6.45) is 0. The molecule has 0 N–H and O–H groups in total. The van der Waals surface area contributed by atoms with Crippen LogP contribution in [0.3, 0.4) is 0 Å². The zero-order valence-corrected chi connectivity index (χ0v) is 26.3. The molecule has 1 spiro atoms. The van der Waals surface area contributed by atoms with E-state index in [0.29, 0.717) is 10.6 Å². The van der Waals surface area contributed by atoms with E-state index < -0.39 is 35.6 Å². The first-order valence-electron chi connectivity index (χ1n) is 14.6. The normalized spacial score (nSPS) is 15.4. The van der Waals surface area contributed by atoms with Crippen LogP contribution < -0.4 is 15.9 Å². The number of carbonyl (C=O) groups excluding carboxylic acids is 4. The van der Waals surface area contributed by atoms with Gasteiger partial charge in [-0.15, -0.1) is 0 Å². The number of benzene rings is 5. The average Bonchev–Trinajstić information content (AvgIpc) is 3.50. The molecule has 224 valence electrons. The van der Waals surface area contributed by atoms with Gasteiger partial charge in [-0.25, -0.2) is 4.79 Å². The highest BCUT2D eigenvalue weighted by molar-refractivity contribution is 7.97. The van der Waals surface area contributed by atoms with Gasteiger partial charge in [0.05, 0.1) is 12.7 Å². The molecule has 0 unspecified atom stereocenters. The molecule has 7 rings (SSSR count). The molecule has 0 saturated heterocycles. The number of hydrogen-bond donors (Lipinski definition) is 0. The molecular formula is C39H26ClO5P. The lowest BCUT2D eigenvalue weighted by Crippen LogP contribution is -2.44. The number of rotatable bonds is 5. The van der Waals surface area contributed by atoms with E-state index in [2.05, 4.69) is 0 Å². The van der Waals surface area contributed by atoms with Gasteiger partial charge in [0.15, 0.2) is 22.8 Å². The zero-order chi connectivity index (χ0) is 32.1. The standard InChI is InChI=1S/C39H26ClO5P/c1-45-38(44)32-33(25-14-13-15-26(40)24-25)39(35(41)30-22-11-12-23-31(30)36(39)42)37(43)34(32)46(27-16-5-2-6-17-27,28-18-7-3-8-19-28)29-20-9-4-10-21-29/h2-24H,1H3. The van der Waals surface area contributed by atoms with Crippen molar-refractivity contribution in [3.05, 3.63) is 167 Å². The number of halogens is 1. The maximum Gasteiger partial charge on any atom is 0.339 e. The van der Waals surface area contributed by atoms with Crippen molar-refractivity contribution in [2.24, 2.45) is 5.41 Å². The molecule has 0 aromatic heterocycles. The van der Waals surface area contributed by atoms with Gasteiger partial charge in [-0.3, -0.25) is 14.4 Å². The Morgan fingerprint density at radius 1 is 0.609 bits per heavy atom. The Morgan fingerprint density at radius 2 is 1.07 bits per heavy atom. The molecule has 0 atom stereocenters. The quantitative estimate of drug-likeness (QED) is 0.132. The first-order chi connectivity index (χ1) is 22.4. The van der Waals surface area contributed by atoms with Gasteiger partial charge in [-0.2, -0.15) is 0 Å². The third-order valence-corrected chi connectivity index (χ3v) is 13.3. The Labute approximate surface area is 271 Å². The maximum absolute atomic E-state index is 15.8. The summed E-state index contributed by atoms with van der Waals surface area (Å²) in [4.78, 5) is 59.6. The van der Waals surface area contributed by atoms with Gasteiger partial charge in [0.25, 0.3) is 0 Å². The number of ketones is 3. The number of Topliss-reactive ketones (excluding diaryl/α,β-unsaturated/α-hetero) is 3. The van der Waals surface area contributed by atoms with Crippen molar-refractivity contribution in [3.8, 4) is 0 Å². The van der Waals surface area contributed by atoms with Gasteiger partial charge in [0.2, 0.25) is 0 Å². The van der Waals surface area contributed by atoms with Crippen LogP contribution in [0.2, 0.25) is 5.02 Å². The van der Waals surface area contributed by atoms with Gasteiger partial charge in [-0.05, 0) is 40.5 Å². The number of methoxy groups -OCH3 is 1. The molecule has 0 amide bonds. The predicted octanol–water partition coefficient (Wildman–Crippen LogP) is 6.08. The predicted molar refractivity (Wildman–Crippen MR) is 183 cm³/mol. The van der Waals surface area contributed by atoms with Gasteiger partial charge >= 0.3 is 5.97 Å². The van der Waals surface area contributed by atoms with Crippen LogP contribution >= 0.6 is 18.5 Å². The summed E-state index contributed by atoms with van der Waals surface area (Å²) in [6, 6.07) is 41.5. The van der Waals surface area contributed by atoms with Crippen molar-refractivity contribution in [1.82, 2.24) is 0 Å². The zero-order valence-electron chi connectivity index (χ0n) is 24.6. The number of allylic oxidation sites excluding steroid dienone is 1. The lowest BCUT2D eigenvalue weighted by Gasteiger charge is -2.32. The third-order valence-electron chi connectivity index (χ3n) is 8.78. The Hall–Kier alpha value is -5.09. The first kappa shape index (κ1) is 29.6. The maximum atomic E-state index is 15.8. The van der Waals surface area contributed by atoms with E-state index in [1.807, 2.05) is 91.0 Å². The fourth-order valence-corrected chi connectivity index (χ4v) is 11.7. The van der Waals surface area contributed by atoms with Crippen molar-refractivity contribution >= 4 is 68.6 Å². The number of hydrogen-bond acceptors (Lipinski definition) is 5. The van der Waals surface area contributed by atoms with E-state index in [1.165, 1.54) is 7.11 Å². The van der Waals surface area contributed by atoms with Crippen molar-refractivity contribution in [1.29, 1.82) is 0 Å². The summed E-state index contributed by atoms with van der Waals surface area (Å²) in [5.74, 6) is -2.88. The first-order valence-corrected chi connectivity index (χ1v) is 16.8. The van der Waals surface area contributed by atoms with Gasteiger partial charge in [0, 0.05) is 27.0 Å². The molecule has 46 heavy (non-hydrogen) atoms. The molecule has 0 radical (unpaired) electrons. The van der Waals surface area contributed by atoms with E-state index >= 15 is 4.79 Å². The van der Waals surface area contributed by atoms with E-state index in [0.717, 1.165) is 15.9 Å². The molecule has 5 nitrogen and oxygen atoms in total. The second kappa shape index (κ2) is 11.4. The van der Waals surface area contributed by atoms with Crippen LogP contribution in [-0.4, -0.2) is 35.7 Å². The van der Waals surface area contributed by atoms with Crippen molar-refractivity contribution in [2.75, 3.05) is 7.11 Å². The minimum absolute atomic E-state index is 0.000202. The number of carbonyl (C=O) groups is 4. The van der Waals surface area contributed by atoms with E-state index in [1.54, 1.807) is 48.5 Å². The highest BCUT2D eigenvalue weighted by Crippen LogP contribution is 2.59. The summed E-state index contributed by atoms with van der Waals surface area (Å²) in [7, 11) is 1.23. The second-order valence-electron chi connectivity index (χ2n) is 11.1. The minimum atomic E-state index is -3.31.